The predicted octanol–water partition coefficient (Wildman–Crippen LogP) is 4.07. The molecule has 0 unspecified atom stereocenters. The summed E-state index contributed by atoms with van der Waals surface area (Å²) < 4.78 is 5.45. The summed E-state index contributed by atoms with van der Waals surface area (Å²) in [6, 6.07) is 12.9. The van der Waals surface area contributed by atoms with Gasteiger partial charge in [0.1, 0.15) is 17.5 Å². The smallest absolute Gasteiger partial charge is 0.251 e. The van der Waals surface area contributed by atoms with Gasteiger partial charge >= 0.3 is 0 Å². The molecule has 1 amide bonds. The van der Waals surface area contributed by atoms with Gasteiger partial charge in [0.25, 0.3) is 5.91 Å². The van der Waals surface area contributed by atoms with Gasteiger partial charge in [-0.25, -0.2) is 0 Å². The van der Waals surface area contributed by atoms with Crippen LogP contribution in [0.15, 0.2) is 47.3 Å². The molecule has 3 rings (SSSR count). The number of nitrogens with zero attached hydrogens (tertiary/aromatic N) is 1. The van der Waals surface area contributed by atoms with Gasteiger partial charge in [-0.1, -0.05) is 23.7 Å². The van der Waals surface area contributed by atoms with Gasteiger partial charge in [0, 0.05) is 43.1 Å². The molecule has 7 nitrogen and oxygen atoms in total. The topological polar surface area (TPSA) is 94.7 Å². The molecule has 0 spiro atoms. The number of hydrogen-bond donors (Lipinski definition) is 3. The van der Waals surface area contributed by atoms with Crippen LogP contribution in [-0.2, 0) is 6.54 Å². The molecule has 1 aromatic heterocycles. The number of ether oxygens (including phenoxy) is 1. The van der Waals surface area contributed by atoms with Gasteiger partial charge in [-0.05, 0) is 61.7 Å². The average molecular weight is 484 g/mol. The molecule has 0 bridgehead atoms. The number of aromatic nitrogens is 1. The van der Waals surface area contributed by atoms with Crippen molar-refractivity contribution in [1.29, 1.82) is 0 Å². The fourth-order valence-corrected chi connectivity index (χ4v) is 3.99. The van der Waals surface area contributed by atoms with Gasteiger partial charge in [0.05, 0.1) is 12.2 Å². The molecule has 0 fully saturated rings. The molecule has 0 atom stereocenters. The maximum absolute atomic E-state index is 13.2. The van der Waals surface area contributed by atoms with Crippen molar-refractivity contribution in [1.82, 2.24) is 10.3 Å². The number of hydrogen-bond acceptors (Lipinski definition) is 5. The lowest BCUT2D eigenvalue weighted by Gasteiger charge is -2.23. The minimum Gasteiger partial charge on any atom is -0.491 e. The standard InChI is InChI=1S/C26H30ClN3O4/c1-5-30(4)23-14-19(18-6-8-20(9-7-18)34-11-10-31)13-21(17(23)3)26(33)28-15-22-24(32)12-16(2)29-25(22)27/h6-9,12-14,31H,5,10-11,15H2,1-4H3,(H,28,33)(H,29,32). The number of aliphatic hydroxyl groups is 1. The summed E-state index contributed by atoms with van der Waals surface area (Å²) in [5, 5.41) is 12.0. The number of amides is 1. The third-order valence-electron chi connectivity index (χ3n) is 5.70. The minimum absolute atomic E-state index is 0.0206. The van der Waals surface area contributed by atoms with Gasteiger partial charge in [-0.3, -0.25) is 9.59 Å². The molecule has 2 aromatic carbocycles. The number of carbonyl (C=O) groups is 1. The van der Waals surface area contributed by atoms with E-state index in [0.29, 0.717) is 22.6 Å². The van der Waals surface area contributed by atoms with E-state index in [-0.39, 0.29) is 36.2 Å². The van der Waals surface area contributed by atoms with Crippen molar-refractivity contribution < 1.29 is 14.6 Å². The van der Waals surface area contributed by atoms with Crippen LogP contribution in [0, 0.1) is 13.8 Å². The average Bonchev–Trinajstić information content (AvgIpc) is 2.82. The molecule has 34 heavy (non-hydrogen) atoms. The van der Waals surface area contributed by atoms with Crippen LogP contribution < -0.4 is 20.4 Å². The fourth-order valence-electron chi connectivity index (χ4n) is 3.68. The first-order valence-electron chi connectivity index (χ1n) is 11.1. The largest absolute Gasteiger partial charge is 0.491 e. The Bertz CT molecular complexity index is 1220. The molecule has 0 saturated heterocycles. The van der Waals surface area contributed by atoms with Gasteiger partial charge in [-0.2, -0.15) is 0 Å². The second-order valence-corrected chi connectivity index (χ2v) is 8.45. The first-order chi connectivity index (χ1) is 16.2. The van der Waals surface area contributed by atoms with E-state index in [1.165, 1.54) is 6.07 Å². The zero-order valence-corrected chi connectivity index (χ0v) is 20.6. The van der Waals surface area contributed by atoms with E-state index in [1.54, 1.807) is 6.92 Å². The molecule has 0 aliphatic carbocycles. The number of aryl methyl sites for hydroxylation is 1. The molecular formula is C26H30ClN3O4. The maximum Gasteiger partial charge on any atom is 0.251 e. The first kappa shape index (κ1) is 25.3. The molecule has 3 N–H and O–H groups in total. The zero-order valence-electron chi connectivity index (χ0n) is 19.9. The number of benzene rings is 2. The van der Waals surface area contributed by atoms with Crippen LogP contribution in [0.1, 0.15) is 34.1 Å². The van der Waals surface area contributed by atoms with Gasteiger partial charge in [0.15, 0.2) is 5.43 Å². The number of aromatic amines is 1. The summed E-state index contributed by atoms with van der Waals surface area (Å²) in [7, 11) is 1.98. The zero-order chi connectivity index (χ0) is 24.8. The van der Waals surface area contributed by atoms with Crippen molar-refractivity contribution in [2.45, 2.75) is 27.3 Å². The molecule has 0 saturated carbocycles. The van der Waals surface area contributed by atoms with Gasteiger partial charge < -0.3 is 25.0 Å². The summed E-state index contributed by atoms with van der Waals surface area (Å²) in [6.45, 7) is 6.68. The highest BCUT2D eigenvalue weighted by Crippen LogP contribution is 2.31. The molecule has 180 valence electrons. The number of nitrogens with one attached hydrogen (secondary N) is 2. The number of halogens is 1. The minimum atomic E-state index is -0.288. The van der Waals surface area contributed by atoms with Crippen molar-refractivity contribution in [3.8, 4) is 16.9 Å². The highest BCUT2D eigenvalue weighted by Gasteiger charge is 2.18. The van der Waals surface area contributed by atoms with E-state index < -0.39 is 0 Å². The van der Waals surface area contributed by atoms with E-state index in [4.69, 9.17) is 21.4 Å². The van der Waals surface area contributed by atoms with Crippen LogP contribution in [0.25, 0.3) is 11.1 Å². The van der Waals surface area contributed by atoms with Crippen molar-refractivity contribution in [3.05, 3.63) is 80.2 Å². The Balaban J connectivity index is 1.94. The molecule has 1 heterocycles. The molecule has 8 heteroatoms. The summed E-state index contributed by atoms with van der Waals surface area (Å²) in [6.07, 6.45) is 0. The van der Waals surface area contributed by atoms with Crippen molar-refractivity contribution >= 4 is 23.2 Å². The van der Waals surface area contributed by atoms with Gasteiger partial charge in [-0.15, -0.1) is 0 Å². The van der Waals surface area contributed by atoms with Crippen LogP contribution in [0.4, 0.5) is 5.69 Å². The number of carbonyl (C=O) groups excluding carboxylic acids is 1. The maximum atomic E-state index is 13.2. The van der Waals surface area contributed by atoms with Crippen LogP contribution in [0.5, 0.6) is 5.75 Å². The second-order valence-electron chi connectivity index (χ2n) is 8.07. The summed E-state index contributed by atoms with van der Waals surface area (Å²) in [4.78, 5) is 30.5. The number of H-pyrrole nitrogens is 1. The van der Waals surface area contributed by atoms with Gasteiger partial charge in [0.2, 0.25) is 0 Å². The summed E-state index contributed by atoms with van der Waals surface area (Å²) in [5.74, 6) is 0.373. The normalized spacial score (nSPS) is 10.8. The monoisotopic (exact) mass is 483 g/mol. The Hall–Kier alpha value is -3.29. The highest BCUT2D eigenvalue weighted by atomic mass is 35.5. The molecule has 0 aliphatic rings. The SMILES string of the molecule is CCN(C)c1cc(-c2ccc(OCCO)cc2)cc(C(=O)NCc2c(Cl)[nH]c(C)cc2=O)c1C. The molecule has 3 aromatic rings. The quantitative estimate of drug-likeness (QED) is 0.399. The van der Waals surface area contributed by atoms with Crippen LogP contribution in [0.3, 0.4) is 0 Å². The van der Waals surface area contributed by atoms with Crippen molar-refractivity contribution in [3.63, 3.8) is 0 Å². The summed E-state index contributed by atoms with van der Waals surface area (Å²) >= 11 is 6.19. The van der Waals surface area contributed by atoms with E-state index in [2.05, 4.69) is 21.3 Å². The Kier molecular flexibility index (Phi) is 8.36. The predicted molar refractivity (Wildman–Crippen MR) is 136 cm³/mol. The lowest BCUT2D eigenvalue weighted by Crippen LogP contribution is -2.28. The number of aliphatic hydroxyl groups excluding tert-OH is 1. The Morgan fingerprint density at radius 3 is 2.47 bits per heavy atom. The third-order valence-corrected chi connectivity index (χ3v) is 6.02. The summed E-state index contributed by atoms with van der Waals surface area (Å²) in [5.41, 5.74) is 4.87. The first-order valence-corrected chi connectivity index (χ1v) is 11.5. The van der Waals surface area contributed by atoms with E-state index in [1.807, 2.05) is 51.2 Å². The lowest BCUT2D eigenvalue weighted by molar-refractivity contribution is 0.0950. The highest BCUT2D eigenvalue weighted by molar-refractivity contribution is 6.30. The van der Waals surface area contributed by atoms with Crippen LogP contribution >= 0.6 is 11.6 Å². The molecule has 0 aliphatic heterocycles. The Labute approximate surface area is 204 Å². The third kappa shape index (κ3) is 5.79. The molecule has 0 radical (unpaired) electrons. The lowest BCUT2D eigenvalue weighted by atomic mass is 9.96. The number of pyridine rings is 1. The number of rotatable bonds is 9. The van der Waals surface area contributed by atoms with Crippen molar-refractivity contribution in [2.75, 3.05) is 31.7 Å². The van der Waals surface area contributed by atoms with E-state index >= 15 is 0 Å². The molecular weight excluding hydrogens is 454 g/mol. The fraction of sp³-hybridized carbons (Fsp3) is 0.308. The van der Waals surface area contributed by atoms with Crippen LogP contribution in [-0.4, -0.2) is 42.8 Å². The Morgan fingerprint density at radius 2 is 1.85 bits per heavy atom. The number of anilines is 1. The van der Waals surface area contributed by atoms with Crippen LogP contribution in [0.2, 0.25) is 5.15 Å². The van der Waals surface area contributed by atoms with Crippen molar-refractivity contribution in [2.24, 2.45) is 0 Å². The Morgan fingerprint density at radius 1 is 1.15 bits per heavy atom. The van der Waals surface area contributed by atoms with E-state index in [0.717, 1.165) is 28.9 Å². The van der Waals surface area contributed by atoms with E-state index in [9.17, 15) is 9.59 Å². The second kappa shape index (κ2) is 11.2.